The number of rotatable bonds is 7. The fourth-order valence-corrected chi connectivity index (χ4v) is 2.82. The van der Waals surface area contributed by atoms with Gasteiger partial charge >= 0.3 is 0 Å². The molecule has 1 rings (SSSR count). The van der Waals surface area contributed by atoms with Crippen LogP contribution in [0.4, 0.5) is 0 Å². The summed E-state index contributed by atoms with van der Waals surface area (Å²) in [7, 11) is 0. The van der Waals surface area contributed by atoms with E-state index in [1.807, 2.05) is 0 Å². The minimum atomic E-state index is 0.495. The predicted octanol–water partition coefficient (Wildman–Crippen LogP) is 5.54. The number of hydrogen-bond donors (Lipinski definition) is 1. The first kappa shape index (κ1) is 16.7. The lowest BCUT2D eigenvalue weighted by molar-refractivity contribution is 0.439. The summed E-state index contributed by atoms with van der Waals surface area (Å²) in [4.78, 5) is 0. The number of aryl methyl sites for hydroxylation is 2. The molecule has 1 atom stereocenters. The average Bonchev–Trinajstić information content (AvgIpc) is 2.34. The third kappa shape index (κ3) is 5.27. The van der Waals surface area contributed by atoms with Gasteiger partial charge in [-0.05, 0) is 68.3 Å². The van der Waals surface area contributed by atoms with Gasteiger partial charge in [-0.25, -0.2) is 0 Å². The van der Waals surface area contributed by atoms with Crippen molar-refractivity contribution in [1.82, 2.24) is 5.32 Å². The van der Waals surface area contributed by atoms with Gasteiger partial charge in [-0.15, -0.1) is 0 Å². The smallest absolute Gasteiger partial charge is 0.0323 e. The Morgan fingerprint density at radius 3 is 2.37 bits per heavy atom. The normalized spacial score (nSPS) is 13.0. The Morgan fingerprint density at radius 1 is 1.11 bits per heavy atom. The van der Waals surface area contributed by atoms with Crippen LogP contribution in [-0.2, 0) is 0 Å². The van der Waals surface area contributed by atoms with Crippen LogP contribution < -0.4 is 5.32 Å². The lowest BCUT2D eigenvalue weighted by Gasteiger charge is -2.23. The van der Waals surface area contributed by atoms with Crippen molar-refractivity contribution in [3.8, 4) is 0 Å². The van der Waals surface area contributed by atoms with Crippen LogP contribution in [0.3, 0.4) is 0 Å². The molecule has 1 nitrogen and oxygen atoms in total. The average molecular weight is 326 g/mol. The van der Waals surface area contributed by atoms with E-state index in [0.717, 1.165) is 12.5 Å². The highest BCUT2D eigenvalue weighted by molar-refractivity contribution is 9.10. The molecule has 1 aromatic carbocycles. The van der Waals surface area contributed by atoms with E-state index in [-0.39, 0.29) is 0 Å². The van der Waals surface area contributed by atoms with Crippen molar-refractivity contribution in [2.75, 3.05) is 6.54 Å². The van der Waals surface area contributed by atoms with Gasteiger partial charge in [0.1, 0.15) is 0 Å². The summed E-state index contributed by atoms with van der Waals surface area (Å²) in [6.45, 7) is 12.3. The molecule has 2 heteroatoms. The summed E-state index contributed by atoms with van der Waals surface area (Å²) >= 11 is 3.62. The van der Waals surface area contributed by atoms with Crippen LogP contribution in [0, 0.1) is 19.8 Å². The predicted molar refractivity (Wildman–Crippen MR) is 88.7 cm³/mol. The molecule has 0 bridgehead atoms. The highest BCUT2D eigenvalue weighted by Gasteiger charge is 2.15. The molecule has 0 aromatic heterocycles. The van der Waals surface area contributed by atoms with Crippen LogP contribution in [0.15, 0.2) is 16.6 Å². The first-order valence-electron chi connectivity index (χ1n) is 7.45. The van der Waals surface area contributed by atoms with Crippen molar-refractivity contribution in [2.45, 2.75) is 59.9 Å². The van der Waals surface area contributed by atoms with Gasteiger partial charge in [0.2, 0.25) is 0 Å². The molecule has 0 aliphatic heterocycles. The maximum Gasteiger partial charge on any atom is 0.0323 e. The molecule has 0 spiro atoms. The molecule has 0 heterocycles. The van der Waals surface area contributed by atoms with E-state index in [4.69, 9.17) is 0 Å². The van der Waals surface area contributed by atoms with E-state index in [1.54, 1.807) is 0 Å². The summed E-state index contributed by atoms with van der Waals surface area (Å²) in [5, 5.41) is 3.71. The lowest BCUT2D eigenvalue weighted by Crippen LogP contribution is -2.23. The lowest BCUT2D eigenvalue weighted by atomic mass is 9.93. The Balaban J connectivity index is 2.92. The quantitative estimate of drug-likeness (QED) is 0.693. The first-order chi connectivity index (χ1) is 8.95. The number of halogens is 1. The maximum absolute atomic E-state index is 3.71. The molecule has 0 amide bonds. The Bertz CT molecular complexity index is 398. The molecule has 19 heavy (non-hydrogen) atoms. The van der Waals surface area contributed by atoms with E-state index in [2.05, 4.69) is 68.0 Å². The van der Waals surface area contributed by atoms with Crippen LogP contribution in [-0.4, -0.2) is 6.54 Å². The van der Waals surface area contributed by atoms with Crippen molar-refractivity contribution >= 4 is 15.9 Å². The van der Waals surface area contributed by atoms with Crippen LogP contribution in [0.1, 0.15) is 62.8 Å². The molecule has 0 aliphatic rings. The zero-order valence-electron chi connectivity index (χ0n) is 13.0. The summed E-state index contributed by atoms with van der Waals surface area (Å²) in [6, 6.07) is 5.09. The Labute approximate surface area is 127 Å². The minimum Gasteiger partial charge on any atom is -0.310 e. The molecule has 1 aromatic rings. The Hall–Kier alpha value is -0.340. The molecule has 0 saturated heterocycles. The van der Waals surface area contributed by atoms with Crippen molar-refractivity contribution in [1.29, 1.82) is 0 Å². The number of nitrogens with one attached hydrogen (secondary N) is 1. The highest BCUT2D eigenvalue weighted by Crippen LogP contribution is 2.28. The van der Waals surface area contributed by atoms with Gasteiger partial charge in [0.15, 0.2) is 0 Å². The van der Waals surface area contributed by atoms with Crippen LogP contribution in [0.5, 0.6) is 0 Å². The van der Waals surface area contributed by atoms with Gasteiger partial charge in [0.05, 0.1) is 0 Å². The monoisotopic (exact) mass is 325 g/mol. The molecular weight excluding hydrogens is 298 g/mol. The van der Waals surface area contributed by atoms with Crippen LogP contribution in [0.25, 0.3) is 0 Å². The van der Waals surface area contributed by atoms with E-state index >= 15 is 0 Å². The van der Waals surface area contributed by atoms with E-state index < -0.39 is 0 Å². The molecule has 0 fully saturated rings. The summed E-state index contributed by atoms with van der Waals surface area (Å²) < 4.78 is 1.21. The molecule has 1 unspecified atom stereocenters. The van der Waals surface area contributed by atoms with Gasteiger partial charge in [0.25, 0.3) is 0 Å². The first-order valence-corrected chi connectivity index (χ1v) is 8.25. The van der Waals surface area contributed by atoms with Crippen LogP contribution >= 0.6 is 15.9 Å². The molecule has 108 valence electrons. The summed E-state index contributed by atoms with van der Waals surface area (Å²) in [5.74, 6) is 0.766. The largest absolute Gasteiger partial charge is 0.310 e. The maximum atomic E-state index is 3.71. The van der Waals surface area contributed by atoms with Gasteiger partial charge in [-0.2, -0.15) is 0 Å². The SMILES string of the molecule is CCCNC(CCC(C)C)c1cc(C)c(Br)cc1C. The Morgan fingerprint density at radius 2 is 1.79 bits per heavy atom. The third-order valence-corrected chi connectivity index (χ3v) is 4.45. The molecule has 0 saturated carbocycles. The molecule has 0 aliphatic carbocycles. The zero-order valence-corrected chi connectivity index (χ0v) is 14.6. The highest BCUT2D eigenvalue weighted by atomic mass is 79.9. The fourth-order valence-electron chi connectivity index (χ4n) is 2.36. The van der Waals surface area contributed by atoms with Gasteiger partial charge in [0, 0.05) is 10.5 Å². The third-order valence-electron chi connectivity index (χ3n) is 3.60. The van der Waals surface area contributed by atoms with E-state index in [0.29, 0.717) is 6.04 Å². The van der Waals surface area contributed by atoms with Crippen LogP contribution in [0.2, 0.25) is 0 Å². The zero-order chi connectivity index (χ0) is 14.4. The standard InChI is InChI=1S/C17H28BrN/c1-6-9-19-17(8-7-12(2)3)15-10-14(5)16(18)11-13(15)4/h10-12,17,19H,6-9H2,1-5H3. The van der Waals surface area contributed by atoms with Crippen molar-refractivity contribution in [2.24, 2.45) is 5.92 Å². The second-order valence-corrected chi connectivity index (χ2v) is 6.79. The topological polar surface area (TPSA) is 12.0 Å². The fraction of sp³-hybridized carbons (Fsp3) is 0.647. The second kappa shape index (κ2) is 8.06. The number of benzene rings is 1. The molecule has 1 N–H and O–H groups in total. The van der Waals surface area contributed by atoms with E-state index in [1.165, 1.54) is 40.4 Å². The molecular formula is C17H28BrN. The second-order valence-electron chi connectivity index (χ2n) is 5.94. The minimum absolute atomic E-state index is 0.495. The van der Waals surface area contributed by atoms with Gasteiger partial charge < -0.3 is 5.32 Å². The summed E-state index contributed by atoms with van der Waals surface area (Å²) in [6.07, 6.45) is 3.68. The molecule has 0 radical (unpaired) electrons. The van der Waals surface area contributed by atoms with E-state index in [9.17, 15) is 0 Å². The van der Waals surface area contributed by atoms with Crippen molar-refractivity contribution in [3.63, 3.8) is 0 Å². The number of hydrogen-bond acceptors (Lipinski definition) is 1. The summed E-state index contributed by atoms with van der Waals surface area (Å²) in [5.41, 5.74) is 4.18. The van der Waals surface area contributed by atoms with Gasteiger partial charge in [-0.3, -0.25) is 0 Å². The van der Waals surface area contributed by atoms with Crippen molar-refractivity contribution in [3.05, 3.63) is 33.3 Å². The van der Waals surface area contributed by atoms with Gasteiger partial charge in [-0.1, -0.05) is 42.8 Å². The van der Waals surface area contributed by atoms with Crippen molar-refractivity contribution < 1.29 is 0 Å². The Kier molecular flexibility index (Phi) is 7.09.